The molecule has 0 saturated carbocycles. The number of hydrogen-bond donors (Lipinski definition) is 1. The summed E-state index contributed by atoms with van der Waals surface area (Å²) in [5.74, 6) is -0.0452. The number of carbonyl (C=O) groups is 2. The minimum atomic E-state index is -0.512. The molecule has 5 nitrogen and oxygen atoms in total. The number of rotatable bonds is 3. The second-order valence-electron chi connectivity index (χ2n) is 5.74. The molecular formula is C19H16ClFN2O3. The average molecular weight is 375 g/mol. The lowest BCUT2D eigenvalue weighted by molar-refractivity contribution is -0.116. The van der Waals surface area contributed by atoms with Crippen molar-refractivity contribution in [1.29, 1.82) is 0 Å². The first-order valence-corrected chi connectivity index (χ1v) is 8.25. The minimum Gasteiger partial charge on any atom is -0.495 e. The van der Waals surface area contributed by atoms with E-state index in [9.17, 15) is 14.0 Å². The third-order valence-electron chi connectivity index (χ3n) is 4.04. The summed E-state index contributed by atoms with van der Waals surface area (Å²) < 4.78 is 18.3. The molecular weight excluding hydrogens is 359 g/mol. The van der Waals surface area contributed by atoms with Gasteiger partial charge in [-0.25, -0.2) is 9.18 Å². The molecule has 0 saturated heterocycles. The van der Waals surface area contributed by atoms with E-state index in [1.54, 1.807) is 30.3 Å². The molecule has 1 N–H and O–H groups in total. The van der Waals surface area contributed by atoms with Crippen LogP contribution in [0.3, 0.4) is 0 Å². The van der Waals surface area contributed by atoms with Gasteiger partial charge in [-0.05, 0) is 35.9 Å². The van der Waals surface area contributed by atoms with Crippen LogP contribution < -0.4 is 10.1 Å². The Hall–Kier alpha value is -2.86. The van der Waals surface area contributed by atoms with Gasteiger partial charge < -0.3 is 10.1 Å². The normalized spacial score (nSPS) is 16.5. The van der Waals surface area contributed by atoms with E-state index in [2.05, 4.69) is 5.32 Å². The number of ether oxygens (including phenoxy) is 1. The Morgan fingerprint density at radius 2 is 2.00 bits per heavy atom. The molecule has 0 aliphatic carbocycles. The van der Waals surface area contributed by atoms with Gasteiger partial charge in [0.15, 0.2) is 5.78 Å². The van der Waals surface area contributed by atoms with Crippen LogP contribution in [0.2, 0.25) is 5.02 Å². The van der Waals surface area contributed by atoms with Gasteiger partial charge in [0.25, 0.3) is 0 Å². The van der Waals surface area contributed by atoms with E-state index < -0.39 is 12.1 Å². The summed E-state index contributed by atoms with van der Waals surface area (Å²) in [7, 11) is 1.48. The number of nitrogens with one attached hydrogen (secondary N) is 1. The molecule has 7 heteroatoms. The maximum absolute atomic E-state index is 13.2. The first-order valence-electron chi connectivity index (χ1n) is 7.87. The van der Waals surface area contributed by atoms with Crippen LogP contribution in [0.5, 0.6) is 5.75 Å². The van der Waals surface area contributed by atoms with Crippen LogP contribution in [0, 0.1) is 5.82 Å². The summed E-state index contributed by atoms with van der Waals surface area (Å²) in [6, 6.07) is 9.67. The van der Waals surface area contributed by atoms with Crippen molar-refractivity contribution in [2.24, 2.45) is 0 Å². The van der Waals surface area contributed by atoms with Crippen molar-refractivity contribution in [3.05, 3.63) is 71.1 Å². The lowest BCUT2D eigenvalue weighted by atomic mass is 9.97. The molecule has 2 aromatic rings. The Morgan fingerprint density at radius 1 is 1.27 bits per heavy atom. The molecule has 0 fully saturated rings. The van der Waals surface area contributed by atoms with Gasteiger partial charge in [-0.1, -0.05) is 23.7 Å². The quantitative estimate of drug-likeness (QED) is 0.857. The van der Waals surface area contributed by atoms with E-state index in [0.29, 0.717) is 22.0 Å². The summed E-state index contributed by atoms with van der Waals surface area (Å²) >= 11 is 5.99. The highest BCUT2D eigenvalue weighted by Gasteiger charge is 2.28. The number of amides is 2. The topological polar surface area (TPSA) is 58.6 Å². The lowest BCUT2D eigenvalue weighted by Gasteiger charge is -2.31. The summed E-state index contributed by atoms with van der Waals surface area (Å²) in [4.78, 5) is 25.9. The van der Waals surface area contributed by atoms with Crippen molar-refractivity contribution in [3.63, 3.8) is 0 Å². The summed E-state index contributed by atoms with van der Waals surface area (Å²) in [5, 5.41) is 3.18. The molecule has 134 valence electrons. The van der Waals surface area contributed by atoms with Crippen LogP contribution in [0.1, 0.15) is 18.0 Å². The minimum absolute atomic E-state index is 0.100. The number of nitrogens with zero attached hydrogens (tertiary/aromatic N) is 1. The molecule has 0 aromatic heterocycles. The summed E-state index contributed by atoms with van der Waals surface area (Å²) in [5.41, 5.74) is 1.17. The molecule has 2 aromatic carbocycles. The molecule has 1 heterocycles. The molecule has 1 aliphatic heterocycles. The van der Waals surface area contributed by atoms with E-state index in [-0.39, 0.29) is 18.0 Å². The van der Waals surface area contributed by atoms with Gasteiger partial charge in [-0.15, -0.1) is 0 Å². The zero-order chi connectivity index (χ0) is 18.7. The van der Waals surface area contributed by atoms with Crippen LogP contribution in [-0.4, -0.2) is 23.8 Å². The monoisotopic (exact) mass is 374 g/mol. The second-order valence-corrected chi connectivity index (χ2v) is 6.15. The van der Waals surface area contributed by atoms with Crippen molar-refractivity contribution in [2.75, 3.05) is 12.4 Å². The second kappa shape index (κ2) is 7.58. The van der Waals surface area contributed by atoms with Crippen molar-refractivity contribution >= 4 is 29.1 Å². The number of carbonyl (C=O) groups excluding carboxylic acids is 2. The lowest BCUT2D eigenvalue weighted by Crippen LogP contribution is -2.37. The number of hydrogen-bond acceptors (Lipinski definition) is 3. The highest BCUT2D eigenvalue weighted by molar-refractivity contribution is 6.32. The zero-order valence-electron chi connectivity index (χ0n) is 13.9. The van der Waals surface area contributed by atoms with Gasteiger partial charge in [-0.3, -0.25) is 9.69 Å². The summed E-state index contributed by atoms with van der Waals surface area (Å²) in [6.45, 7) is 0. The molecule has 3 rings (SSSR count). The molecule has 1 atom stereocenters. The molecule has 1 aliphatic rings. The first kappa shape index (κ1) is 17.9. The molecule has 0 unspecified atom stereocenters. The number of ketones is 1. The van der Waals surface area contributed by atoms with Crippen LogP contribution in [0.25, 0.3) is 0 Å². The third kappa shape index (κ3) is 3.86. The first-order chi connectivity index (χ1) is 12.5. The Kier molecular flexibility index (Phi) is 5.23. The fourth-order valence-electron chi connectivity index (χ4n) is 2.72. The maximum Gasteiger partial charge on any atom is 0.326 e. The number of urea groups is 1. The van der Waals surface area contributed by atoms with Crippen LogP contribution in [0.4, 0.5) is 14.9 Å². The van der Waals surface area contributed by atoms with Crippen molar-refractivity contribution in [2.45, 2.75) is 12.5 Å². The SMILES string of the molecule is COc1cc(NC(=O)N2C=CC(=O)C[C@H]2c2ccc(F)cc2)ccc1Cl. The van der Waals surface area contributed by atoms with E-state index in [1.165, 1.54) is 36.4 Å². The highest BCUT2D eigenvalue weighted by Crippen LogP contribution is 2.31. The number of methoxy groups -OCH3 is 1. The molecule has 0 radical (unpaired) electrons. The standard InChI is InChI=1S/C19H16ClFN2O3/c1-26-18-10-14(6-7-16(18)20)22-19(25)23-9-8-15(24)11-17(23)12-2-4-13(21)5-3-12/h2-10,17H,11H2,1H3,(H,22,25)/t17-/m0/s1. The van der Waals surface area contributed by atoms with Crippen LogP contribution >= 0.6 is 11.6 Å². The van der Waals surface area contributed by atoms with E-state index in [4.69, 9.17) is 16.3 Å². The Labute approximate surface area is 155 Å². The smallest absolute Gasteiger partial charge is 0.326 e. The molecule has 0 bridgehead atoms. The molecule has 0 spiro atoms. The third-order valence-corrected chi connectivity index (χ3v) is 4.36. The Balaban J connectivity index is 1.84. The fourth-order valence-corrected chi connectivity index (χ4v) is 2.92. The Bertz CT molecular complexity index is 868. The number of anilines is 1. The van der Waals surface area contributed by atoms with E-state index in [0.717, 1.165) is 0 Å². The maximum atomic E-state index is 13.2. The molecule has 2 amide bonds. The van der Waals surface area contributed by atoms with Gasteiger partial charge in [0, 0.05) is 24.4 Å². The largest absolute Gasteiger partial charge is 0.495 e. The van der Waals surface area contributed by atoms with Crippen LogP contribution in [0.15, 0.2) is 54.7 Å². The average Bonchev–Trinajstić information content (AvgIpc) is 2.63. The van der Waals surface area contributed by atoms with Gasteiger partial charge >= 0.3 is 6.03 Å². The predicted molar refractivity (Wildman–Crippen MR) is 96.8 cm³/mol. The van der Waals surface area contributed by atoms with Crippen molar-refractivity contribution < 1.29 is 18.7 Å². The fraction of sp³-hybridized carbons (Fsp3) is 0.158. The summed E-state index contributed by atoms with van der Waals surface area (Å²) in [6.07, 6.45) is 2.91. The van der Waals surface area contributed by atoms with E-state index in [1.807, 2.05) is 0 Å². The van der Waals surface area contributed by atoms with Gasteiger partial charge in [0.1, 0.15) is 11.6 Å². The number of benzene rings is 2. The van der Waals surface area contributed by atoms with Crippen LogP contribution in [-0.2, 0) is 4.79 Å². The zero-order valence-corrected chi connectivity index (χ0v) is 14.7. The number of allylic oxidation sites excluding steroid dienone is 1. The predicted octanol–water partition coefficient (Wildman–Crippen LogP) is 4.55. The van der Waals surface area contributed by atoms with Crippen molar-refractivity contribution in [3.8, 4) is 5.75 Å². The number of halogens is 2. The van der Waals surface area contributed by atoms with E-state index >= 15 is 0 Å². The molecule has 26 heavy (non-hydrogen) atoms. The van der Waals surface area contributed by atoms with Crippen molar-refractivity contribution in [1.82, 2.24) is 4.90 Å². The van der Waals surface area contributed by atoms with Gasteiger partial charge in [0.2, 0.25) is 0 Å². The Morgan fingerprint density at radius 3 is 2.69 bits per heavy atom. The highest BCUT2D eigenvalue weighted by atomic mass is 35.5. The van der Waals surface area contributed by atoms with Gasteiger partial charge in [-0.2, -0.15) is 0 Å². The van der Waals surface area contributed by atoms with Gasteiger partial charge in [0.05, 0.1) is 18.2 Å².